The number of nitrogens with zero attached hydrogens (tertiary/aromatic N) is 2. The molecule has 124 valence electrons. The molecule has 6 nitrogen and oxygen atoms in total. The Kier molecular flexibility index (Phi) is 4.24. The fourth-order valence-electron chi connectivity index (χ4n) is 2.36. The lowest BCUT2D eigenvalue weighted by molar-refractivity contribution is -0.142. The van der Waals surface area contributed by atoms with Gasteiger partial charge >= 0.3 is 6.18 Å². The fraction of sp³-hybridized carbons (Fsp3) is 0.667. The maximum atomic E-state index is 12.6. The number of aryl methyl sites for hydroxylation is 1. The topological polar surface area (TPSA) is 81.1 Å². The van der Waals surface area contributed by atoms with Gasteiger partial charge in [-0.15, -0.1) is 0 Å². The highest BCUT2D eigenvalue weighted by Gasteiger charge is 2.36. The monoisotopic (exact) mass is 339 g/mol. The van der Waals surface area contributed by atoms with Gasteiger partial charge in [-0.1, -0.05) is 0 Å². The van der Waals surface area contributed by atoms with Crippen LogP contribution in [0, 0.1) is 6.92 Å². The average molecular weight is 339 g/mol. The highest BCUT2D eigenvalue weighted by atomic mass is 32.2. The first-order valence-electron chi connectivity index (χ1n) is 6.64. The maximum absolute atomic E-state index is 12.6. The minimum Gasteiger partial charge on any atom is -0.350 e. The van der Waals surface area contributed by atoms with Gasteiger partial charge in [0.1, 0.15) is 6.04 Å². The van der Waals surface area contributed by atoms with Crippen molar-refractivity contribution in [2.24, 2.45) is 0 Å². The van der Waals surface area contributed by atoms with Gasteiger partial charge < -0.3 is 5.32 Å². The van der Waals surface area contributed by atoms with Gasteiger partial charge in [-0.25, -0.2) is 8.42 Å². The van der Waals surface area contributed by atoms with Crippen molar-refractivity contribution in [1.82, 2.24) is 15.1 Å². The van der Waals surface area contributed by atoms with Gasteiger partial charge in [-0.05, 0) is 26.3 Å². The number of carbonyl (C=O) groups is 1. The Labute approximate surface area is 125 Å². The zero-order valence-corrected chi connectivity index (χ0v) is 12.8. The van der Waals surface area contributed by atoms with Gasteiger partial charge in [0.05, 0.1) is 11.5 Å². The van der Waals surface area contributed by atoms with Gasteiger partial charge in [0.25, 0.3) is 0 Å². The second-order valence-electron chi connectivity index (χ2n) is 5.40. The quantitative estimate of drug-likeness (QED) is 0.893. The van der Waals surface area contributed by atoms with Crippen molar-refractivity contribution in [2.45, 2.75) is 38.5 Å². The highest BCUT2D eigenvalue weighted by Crippen LogP contribution is 2.29. The van der Waals surface area contributed by atoms with Crippen LogP contribution < -0.4 is 5.32 Å². The molecule has 0 spiro atoms. The van der Waals surface area contributed by atoms with Crippen LogP contribution >= 0.6 is 0 Å². The number of halogens is 3. The summed E-state index contributed by atoms with van der Waals surface area (Å²) in [6, 6.07) is -0.596. The largest absolute Gasteiger partial charge is 0.435 e. The van der Waals surface area contributed by atoms with Crippen LogP contribution in [0.1, 0.15) is 30.8 Å². The minimum absolute atomic E-state index is 0.00530. The van der Waals surface area contributed by atoms with Crippen molar-refractivity contribution < 1.29 is 26.4 Å². The molecule has 0 unspecified atom stereocenters. The number of rotatable bonds is 3. The standard InChI is InChI=1S/C12H16F3N3O3S/c1-7-5-10(12(13,14)15)17-18(7)8(2)11(19)16-9-3-4-22(20,21)6-9/h5,8-9H,3-4,6H2,1-2H3,(H,16,19)/t8-,9-/m0/s1. The Morgan fingerprint density at radius 3 is 2.59 bits per heavy atom. The molecule has 0 aromatic carbocycles. The van der Waals surface area contributed by atoms with E-state index in [1.165, 1.54) is 13.8 Å². The van der Waals surface area contributed by atoms with Crippen LogP contribution in [-0.4, -0.2) is 41.7 Å². The Morgan fingerprint density at radius 2 is 2.14 bits per heavy atom. The van der Waals surface area contributed by atoms with E-state index in [4.69, 9.17) is 0 Å². The molecule has 2 atom stereocenters. The molecule has 1 amide bonds. The van der Waals surface area contributed by atoms with Crippen molar-refractivity contribution in [3.8, 4) is 0 Å². The Morgan fingerprint density at radius 1 is 1.50 bits per heavy atom. The number of aromatic nitrogens is 2. The molecule has 1 aromatic heterocycles. The van der Waals surface area contributed by atoms with Crippen LogP contribution in [0.2, 0.25) is 0 Å². The summed E-state index contributed by atoms with van der Waals surface area (Å²) in [7, 11) is -3.14. The number of nitrogens with one attached hydrogen (secondary N) is 1. The number of hydrogen-bond acceptors (Lipinski definition) is 4. The van der Waals surface area contributed by atoms with Crippen molar-refractivity contribution in [1.29, 1.82) is 0 Å². The molecule has 10 heteroatoms. The third kappa shape index (κ3) is 3.60. The van der Waals surface area contributed by atoms with E-state index in [2.05, 4.69) is 10.4 Å². The van der Waals surface area contributed by atoms with E-state index in [1.807, 2.05) is 0 Å². The lowest BCUT2D eigenvalue weighted by atomic mass is 10.2. The molecule has 22 heavy (non-hydrogen) atoms. The first kappa shape index (κ1) is 16.8. The van der Waals surface area contributed by atoms with Crippen molar-refractivity contribution in [3.05, 3.63) is 17.5 Å². The van der Waals surface area contributed by atoms with Gasteiger partial charge in [-0.3, -0.25) is 9.48 Å². The van der Waals surface area contributed by atoms with Crippen LogP contribution in [0.3, 0.4) is 0 Å². The minimum atomic E-state index is -4.58. The SMILES string of the molecule is Cc1cc(C(F)(F)F)nn1[C@@H](C)C(=O)N[C@H]1CCS(=O)(=O)C1. The summed E-state index contributed by atoms with van der Waals surface area (Å²) in [5.74, 6) is -0.690. The molecular formula is C12H16F3N3O3S. The second-order valence-corrected chi connectivity index (χ2v) is 7.63. The van der Waals surface area contributed by atoms with Gasteiger partial charge in [0.2, 0.25) is 5.91 Å². The van der Waals surface area contributed by atoms with Crippen molar-refractivity contribution in [3.63, 3.8) is 0 Å². The van der Waals surface area contributed by atoms with Gasteiger partial charge in [0.15, 0.2) is 15.5 Å². The molecule has 1 fully saturated rings. The maximum Gasteiger partial charge on any atom is 0.435 e. The van der Waals surface area contributed by atoms with E-state index in [9.17, 15) is 26.4 Å². The fourth-order valence-corrected chi connectivity index (χ4v) is 4.03. The number of amides is 1. The smallest absolute Gasteiger partial charge is 0.350 e. The van der Waals surface area contributed by atoms with Crippen LogP contribution in [0.15, 0.2) is 6.07 Å². The molecule has 1 saturated heterocycles. The lowest BCUT2D eigenvalue weighted by Gasteiger charge is -2.17. The van der Waals surface area contributed by atoms with E-state index in [0.29, 0.717) is 6.42 Å². The number of sulfone groups is 1. The summed E-state index contributed by atoms with van der Waals surface area (Å²) >= 11 is 0. The van der Waals surface area contributed by atoms with E-state index in [1.54, 1.807) is 0 Å². The van der Waals surface area contributed by atoms with E-state index < -0.39 is 39.7 Å². The molecule has 0 bridgehead atoms. The highest BCUT2D eigenvalue weighted by molar-refractivity contribution is 7.91. The van der Waals surface area contributed by atoms with Crippen molar-refractivity contribution >= 4 is 15.7 Å². The molecule has 2 rings (SSSR count). The molecule has 0 radical (unpaired) electrons. The van der Waals surface area contributed by atoms with Crippen LogP contribution in [0.25, 0.3) is 0 Å². The Balaban J connectivity index is 2.10. The molecular weight excluding hydrogens is 323 g/mol. The normalized spacial score (nSPS) is 22.5. The summed E-state index contributed by atoms with van der Waals surface area (Å²) < 4.78 is 61.5. The Bertz CT molecular complexity index is 682. The van der Waals surface area contributed by atoms with E-state index in [0.717, 1.165) is 10.7 Å². The molecule has 0 aliphatic carbocycles. The molecule has 2 heterocycles. The predicted octanol–water partition coefficient (Wildman–Crippen LogP) is 1.07. The number of hydrogen-bond donors (Lipinski definition) is 1. The Hall–Kier alpha value is -1.58. The number of carbonyl (C=O) groups excluding carboxylic acids is 1. The second kappa shape index (κ2) is 5.56. The summed E-state index contributed by atoms with van der Waals surface area (Å²) in [6.45, 7) is 2.84. The van der Waals surface area contributed by atoms with E-state index >= 15 is 0 Å². The van der Waals surface area contributed by atoms with Crippen LogP contribution in [0.4, 0.5) is 13.2 Å². The third-order valence-electron chi connectivity index (χ3n) is 3.54. The van der Waals surface area contributed by atoms with Crippen LogP contribution in [-0.2, 0) is 20.8 Å². The summed E-state index contributed by atoms with van der Waals surface area (Å²) in [5.41, 5.74) is -0.859. The van der Waals surface area contributed by atoms with E-state index in [-0.39, 0.29) is 17.2 Å². The average Bonchev–Trinajstić information content (AvgIpc) is 2.91. The molecule has 1 aliphatic rings. The van der Waals surface area contributed by atoms with Crippen molar-refractivity contribution in [2.75, 3.05) is 11.5 Å². The summed E-state index contributed by atoms with van der Waals surface area (Å²) in [4.78, 5) is 12.1. The van der Waals surface area contributed by atoms with Gasteiger partial charge in [-0.2, -0.15) is 18.3 Å². The molecule has 1 aliphatic heterocycles. The molecule has 0 saturated carbocycles. The zero-order chi connectivity index (χ0) is 16.7. The molecule has 1 N–H and O–H groups in total. The van der Waals surface area contributed by atoms with Gasteiger partial charge in [0, 0.05) is 11.7 Å². The lowest BCUT2D eigenvalue weighted by Crippen LogP contribution is -2.40. The first-order chi connectivity index (χ1) is 9.99. The summed E-state index contributed by atoms with van der Waals surface area (Å²) in [6.07, 6.45) is -4.27. The summed E-state index contributed by atoms with van der Waals surface area (Å²) in [5, 5.41) is 5.97. The molecule has 1 aromatic rings. The zero-order valence-electron chi connectivity index (χ0n) is 12.0. The predicted molar refractivity (Wildman–Crippen MR) is 71.9 cm³/mol. The van der Waals surface area contributed by atoms with Crippen LogP contribution in [0.5, 0.6) is 0 Å². The third-order valence-corrected chi connectivity index (χ3v) is 5.31. The number of alkyl halides is 3. The first-order valence-corrected chi connectivity index (χ1v) is 8.46.